The van der Waals surface area contributed by atoms with E-state index in [0.29, 0.717) is 0 Å². The molecule has 6 heteroatoms. The van der Waals surface area contributed by atoms with Gasteiger partial charge >= 0.3 is 5.97 Å². The second-order valence-electron chi connectivity index (χ2n) is 3.66. The maximum atomic E-state index is 13.3. The summed E-state index contributed by atoms with van der Waals surface area (Å²) >= 11 is 0. The number of hydrogen-bond donors (Lipinski definition) is 1. The van der Waals surface area contributed by atoms with Crippen LogP contribution in [0, 0.1) is 5.82 Å². The van der Waals surface area contributed by atoms with Crippen LogP contribution in [0.2, 0.25) is 0 Å². The Balaban J connectivity index is 2.15. The minimum absolute atomic E-state index is 0.149. The van der Waals surface area contributed by atoms with Crippen LogP contribution in [0.5, 0.6) is 5.75 Å². The van der Waals surface area contributed by atoms with Crippen LogP contribution >= 0.6 is 0 Å². The van der Waals surface area contributed by atoms with Crippen molar-refractivity contribution in [3.63, 3.8) is 0 Å². The first-order valence-electron chi connectivity index (χ1n) is 5.30. The normalized spacial score (nSPS) is 10.2. The Morgan fingerprint density at radius 3 is 2.74 bits per heavy atom. The lowest BCUT2D eigenvalue weighted by Crippen LogP contribution is -2.10. The molecule has 0 saturated carbocycles. The first kappa shape index (κ1) is 12.8. The van der Waals surface area contributed by atoms with Gasteiger partial charge in [-0.15, -0.1) is 0 Å². The highest BCUT2D eigenvalue weighted by molar-refractivity contribution is 5.84. The fourth-order valence-electron chi connectivity index (χ4n) is 1.39. The fraction of sp³-hybridized carbons (Fsp3) is 0.0769. The van der Waals surface area contributed by atoms with Gasteiger partial charge in [-0.1, -0.05) is 18.2 Å². The molecule has 0 amide bonds. The third kappa shape index (κ3) is 2.98. The molecule has 0 aliphatic carbocycles. The number of halogens is 1. The third-order valence-electron chi connectivity index (χ3n) is 2.35. The van der Waals surface area contributed by atoms with Gasteiger partial charge in [0.15, 0.2) is 0 Å². The summed E-state index contributed by atoms with van der Waals surface area (Å²) in [6.45, 7) is -0.149. The summed E-state index contributed by atoms with van der Waals surface area (Å²) in [5.41, 5.74) is -0.357. The van der Waals surface area contributed by atoms with Crippen molar-refractivity contribution < 1.29 is 23.4 Å². The average Bonchev–Trinajstić information content (AvgIpc) is 2.39. The zero-order valence-corrected chi connectivity index (χ0v) is 9.63. The Morgan fingerprint density at radius 2 is 2.11 bits per heavy atom. The molecule has 2 aromatic rings. The lowest BCUT2D eigenvalue weighted by atomic mass is 10.2. The molecule has 1 heterocycles. The standard InChI is InChI=1S/C13H9FO5/c14-9-4-2-1-3-8(9)6-18-12-7-19-11(13(16)17)5-10(12)15/h1-5,7H,6H2,(H,16,17). The molecular formula is C13H9FO5. The summed E-state index contributed by atoms with van der Waals surface area (Å²) in [5.74, 6) is -2.46. The average molecular weight is 264 g/mol. The maximum Gasteiger partial charge on any atom is 0.371 e. The molecule has 0 aliphatic heterocycles. The first-order valence-corrected chi connectivity index (χ1v) is 5.30. The van der Waals surface area contributed by atoms with Gasteiger partial charge in [0, 0.05) is 11.6 Å². The maximum absolute atomic E-state index is 13.3. The monoisotopic (exact) mass is 264 g/mol. The van der Waals surface area contributed by atoms with E-state index in [1.165, 1.54) is 18.2 Å². The van der Waals surface area contributed by atoms with Gasteiger partial charge in [0.05, 0.1) is 0 Å². The zero-order chi connectivity index (χ0) is 13.8. The fourth-order valence-corrected chi connectivity index (χ4v) is 1.39. The molecule has 5 nitrogen and oxygen atoms in total. The highest BCUT2D eigenvalue weighted by Crippen LogP contribution is 2.11. The van der Waals surface area contributed by atoms with Crippen LogP contribution < -0.4 is 10.2 Å². The Kier molecular flexibility index (Phi) is 3.61. The molecule has 0 fully saturated rings. The summed E-state index contributed by atoms with van der Waals surface area (Å²) in [6.07, 6.45) is 0.895. The smallest absolute Gasteiger partial charge is 0.371 e. The SMILES string of the molecule is O=C(O)c1cc(=O)c(OCc2ccccc2F)co1. The molecule has 98 valence electrons. The van der Waals surface area contributed by atoms with Crippen molar-refractivity contribution in [2.75, 3.05) is 0 Å². The van der Waals surface area contributed by atoms with Crippen molar-refractivity contribution in [3.05, 3.63) is 64.0 Å². The van der Waals surface area contributed by atoms with Crippen molar-refractivity contribution in [2.24, 2.45) is 0 Å². The molecule has 0 saturated heterocycles. The predicted molar refractivity (Wildman–Crippen MR) is 62.7 cm³/mol. The van der Waals surface area contributed by atoms with Crippen LogP contribution in [0.15, 0.2) is 45.8 Å². The van der Waals surface area contributed by atoms with Crippen LogP contribution in [-0.4, -0.2) is 11.1 Å². The quantitative estimate of drug-likeness (QED) is 0.914. The van der Waals surface area contributed by atoms with Crippen LogP contribution in [0.1, 0.15) is 16.1 Å². The van der Waals surface area contributed by atoms with E-state index in [9.17, 15) is 14.0 Å². The lowest BCUT2D eigenvalue weighted by molar-refractivity contribution is 0.0658. The Morgan fingerprint density at radius 1 is 1.37 bits per heavy atom. The van der Waals surface area contributed by atoms with E-state index >= 15 is 0 Å². The highest BCUT2D eigenvalue weighted by Gasteiger charge is 2.10. The molecule has 0 atom stereocenters. The summed E-state index contributed by atoms with van der Waals surface area (Å²) < 4.78 is 23.1. The number of hydrogen-bond acceptors (Lipinski definition) is 4. The first-order chi connectivity index (χ1) is 9.08. The van der Waals surface area contributed by atoms with Crippen molar-refractivity contribution in [1.29, 1.82) is 0 Å². The van der Waals surface area contributed by atoms with Gasteiger partial charge in [-0.05, 0) is 6.07 Å². The zero-order valence-electron chi connectivity index (χ0n) is 9.63. The molecule has 0 bridgehead atoms. The molecule has 0 unspecified atom stereocenters. The van der Waals surface area contributed by atoms with Crippen molar-refractivity contribution in [2.45, 2.75) is 6.61 Å². The van der Waals surface area contributed by atoms with Crippen LogP contribution in [0.3, 0.4) is 0 Å². The number of carboxylic acids is 1. The predicted octanol–water partition coefficient (Wildman–Crippen LogP) is 2.06. The van der Waals surface area contributed by atoms with E-state index in [-0.39, 0.29) is 17.9 Å². The number of aromatic carboxylic acids is 1. The van der Waals surface area contributed by atoms with Gasteiger partial charge in [0.25, 0.3) is 0 Å². The third-order valence-corrected chi connectivity index (χ3v) is 2.35. The topological polar surface area (TPSA) is 76.7 Å². The molecule has 1 aromatic heterocycles. The number of rotatable bonds is 4. The van der Waals surface area contributed by atoms with Gasteiger partial charge in [0.2, 0.25) is 16.9 Å². The van der Waals surface area contributed by atoms with E-state index in [4.69, 9.17) is 14.3 Å². The highest BCUT2D eigenvalue weighted by atomic mass is 19.1. The van der Waals surface area contributed by atoms with Crippen molar-refractivity contribution in [3.8, 4) is 5.75 Å². The van der Waals surface area contributed by atoms with E-state index in [2.05, 4.69) is 0 Å². The minimum atomic E-state index is -1.35. The van der Waals surface area contributed by atoms with Gasteiger partial charge in [-0.2, -0.15) is 0 Å². The van der Waals surface area contributed by atoms with Gasteiger partial charge < -0.3 is 14.3 Å². The molecular weight excluding hydrogens is 255 g/mol. The largest absolute Gasteiger partial charge is 0.482 e. The van der Waals surface area contributed by atoms with Gasteiger partial charge in [-0.25, -0.2) is 9.18 Å². The molecule has 2 rings (SSSR count). The lowest BCUT2D eigenvalue weighted by Gasteiger charge is -2.05. The number of ether oxygens (including phenoxy) is 1. The van der Waals surface area contributed by atoms with E-state index < -0.39 is 23.0 Å². The van der Waals surface area contributed by atoms with Crippen molar-refractivity contribution >= 4 is 5.97 Å². The van der Waals surface area contributed by atoms with E-state index in [1.807, 2.05) is 0 Å². The molecule has 1 aromatic carbocycles. The second kappa shape index (κ2) is 5.34. The van der Waals surface area contributed by atoms with Gasteiger partial charge in [-0.3, -0.25) is 4.79 Å². The summed E-state index contributed by atoms with van der Waals surface area (Å²) in [7, 11) is 0. The van der Waals surface area contributed by atoms with Crippen LogP contribution in [0.4, 0.5) is 4.39 Å². The summed E-state index contributed by atoms with van der Waals surface area (Å²) in [4.78, 5) is 22.1. The molecule has 0 aliphatic rings. The molecule has 19 heavy (non-hydrogen) atoms. The van der Waals surface area contributed by atoms with Crippen molar-refractivity contribution in [1.82, 2.24) is 0 Å². The molecule has 0 spiro atoms. The van der Waals surface area contributed by atoms with E-state index in [0.717, 1.165) is 12.3 Å². The summed E-state index contributed by atoms with van der Waals surface area (Å²) in [6, 6.07) is 6.77. The number of benzene rings is 1. The molecule has 1 N–H and O–H groups in total. The summed E-state index contributed by atoms with van der Waals surface area (Å²) in [5, 5.41) is 8.62. The Bertz CT molecular complexity index is 662. The minimum Gasteiger partial charge on any atom is -0.482 e. The Labute approximate surface area is 106 Å². The number of carboxylic acid groups (broad SMARTS) is 1. The second-order valence-corrected chi connectivity index (χ2v) is 3.66. The van der Waals surface area contributed by atoms with Gasteiger partial charge in [0.1, 0.15) is 18.7 Å². The van der Waals surface area contributed by atoms with Crippen LogP contribution in [0.25, 0.3) is 0 Å². The van der Waals surface area contributed by atoms with Crippen LogP contribution in [-0.2, 0) is 6.61 Å². The number of carbonyl (C=O) groups is 1. The Hall–Kier alpha value is -2.63. The van der Waals surface area contributed by atoms with E-state index in [1.54, 1.807) is 6.07 Å². The molecule has 0 radical (unpaired) electrons.